The third kappa shape index (κ3) is 5.53. The molecule has 3 aromatic rings. The molecule has 2 saturated heterocycles. The number of carbonyl (C=O) groups excluding carboxylic acids is 1. The van der Waals surface area contributed by atoms with Crippen LogP contribution in [0.1, 0.15) is 43.9 Å². The third-order valence-electron chi connectivity index (χ3n) is 8.94. The molecule has 0 saturated carbocycles. The average Bonchev–Trinajstić information content (AvgIpc) is 3.43. The standard InChI is InChI=1S/C32H39N7O2/c1-3-30(40)39-19-18-38(20-24(39)13-15-33)31-27-14-17-37(29-12-6-9-23-8-4-5-11-26(23)29)21-28(27)34-32(35-31)41-22-25-10-7-16-36(25)2/h4-6,8-9,11-12,24-25H,3,7,10,13-14,16-22H2,1-2H3/t24-,25-/m0/s1. The van der Waals surface area contributed by atoms with Crippen LogP contribution >= 0.6 is 0 Å². The molecule has 0 N–H and O–H groups in total. The molecule has 1 aromatic heterocycles. The van der Waals surface area contributed by atoms with Crippen LogP contribution < -0.4 is 14.5 Å². The van der Waals surface area contributed by atoms with Gasteiger partial charge in [0.15, 0.2) is 0 Å². The van der Waals surface area contributed by atoms with Gasteiger partial charge in [0.05, 0.1) is 30.8 Å². The van der Waals surface area contributed by atoms with E-state index in [-0.39, 0.29) is 11.9 Å². The average molecular weight is 554 g/mol. The van der Waals surface area contributed by atoms with Gasteiger partial charge in [0.25, 0.3) is 0 Å². The minimum atomic E-state index is -0.154. The van der Waals surface area contributed by atoms with Gasteiger partial charge in [-0.1, -0.05) is 43.3 Å². The number of fused-ring (bicyclic) bond motifs is 2. The maximum atomic E-state index is 12.6. The summed E-state index contributed by atoms with van der Waals surface area (Å²) >= 11 is 0. The Morgan fingerprint density at radius 1 is 1.05 bits per heavy atom. The highest BCUT2D eigenvalue weighted by atomic mass is 16.5. The molecule has 2 atom stereocenters. The number of piperazine rings is 1. The second-order valence-electron chi connectivity index (χ2n) is 11.4. The first kappa shape index (κ1) is 27.3. The SMILES string of the molecule is CCC(=O)N1CCN(c2nc(OC[C@@H]3CCCN3C)nc3c2CCN(c2cccc4ccccc24)C3)C[C@@H]1CC#N. The molecular formula is C32H39N7O2. The fraction of sp³-hybridized carbons (Fsp3) is 0.500. The Hall–Kier alpha value is -3.90. The van der Waals surface area contributed by atoms with E-state index in [0.29, 0.717) is 57.7 Å². The van der Waals surface area contributed by atoms with Crippen LogP contribution in [-0.4, -0.2) is 84.1 Å². The molecule has 0 bridgehead atoms. The summed E-state index contributed by atoms with van der Waals surface area (Å²) in [6.45, 7) is 6.92. The lowest BCUT2D eigenvalue weighted by Crippen LogP contribution is -2.55. The molecule has 3 aliphatic heterocycles. The smallest absolute Gasteiger partial charge is 0.318 e. The molecule has 0 spiro atoms. The van der Waals surface area contributed by atoms with Crippen LogP contribution in [0.25, 0.3) is 10.8 Å². The molecule has 214 valence electrons. The Labute approximate surface area is 242 Å². The molecule has 2 fully saturated rings. The molecule has 41 heavy (non-hydrogen) atoms. The van der Waals surface area contributed by atoms with Gasteiger partial charge < -0.3 is 24.3 Å². The summed E-state index contributed by atoms with van der Waals surface area (Å²) in [4.78, 5) is 31.5. The first-order valence-corrected chi connectivity index (χ1v) is 14.9. The van der Waals surface area contributed by atoms with Crippen LogP contribution in [0.5, 0.6) is 6.01 Å². The van der Waals surface area contributed by atoms with Gasteiger partial charge in [-0.15, -0.1) is 0 Å². The van der Waals surface area contributed by atoms with Crippen LogP contribution in [0.2, 0.25) is 0 Å². The Morgan fingerprint density at radius 3 is 2.71 bits per heavy atom. The lowest BCUT2D eigenvalue weighted by molar-refractivity contribution is -0.133. The van der Waals surface area contributed by atoms with Crippen molar-refractivity contribution in [1.82, 2.24) is 19.8 Å². The van der Waals surface area contributed by atoms with E-state index in [0.717, 1.165) is 43.0 Å². The number of carbonyl (C=O) groups is 1. The van der Waals surface area contributed by atoms with Gasteiger partial charge in [-0.25, -0.2) is 0 Å². The zero-order valence-electron chi connectivity index (χ0n) is 24.1. The van der Waals surface area contributed by atoms with Gasteiger partial charge in [-0.2, -0.15) is 15.2 Å². The number of aromatic nitrogens is 2. The third-order valence-corrected chi connectivity index (χ3v) is 8.94. The van der Waals surface area contributed by atoms with E-state index in [1.165, 1.54) is 22.9 Å². The van der Waals surface area contributed by atoms with Crippen LogP contribution in [0.15, 0.2) is 42.5 Å². The molecule has 4 heterocycles. The molecule has 2 aromatic carbocycles. The van der Waals surface area contributed by atoms with Crippen LogP contribution in [0, 0.1) is 11.3 Å². The number of ether oxygens (including phenoxy) is 1. The summed E-state index contributed by atoms with van der Waals surface area (Å²) in [5, 5.41) is 12.0. The van der Waals surface area contributed by atoms with E-state index in [9.17, 15) is 10.1 Å². The molecule has 0 aliphatic carbocycles. The molecule has 6 rings (SSSR count). The quantitative estimate of drug-likeness (QED) is 0.434. The highest BCUT2D eigenvalue weighted by Gasteiger charge is 2.34. The zero-order valence-corrected chi connectivity index (χ0v) is 24.1. The first-order chi connectivity index (χ1) is 20.1. The normalized spacial score (nSPS) is 21.1. The minimum absolute atomic E-state index is 0.102. The number of nitrogens with zero attached hydrogens (tertiary/aromatic N) is 7. The number of anilines is 2. The summed E-state index contributed by atoms with van der Waals surface area (Å²) in [5.74, 6) is 0.999. The molecule has 9 nitrogen and oxygen atoms in total. The first-order valence-electron chi connectivity index (χ1n) is 14.9. The predicted octanol–water partition coefficient (Wildman–Crippen LogP) is 4.01. The molecule has 9 heteroatoms. The lowest BCUT2D eigenvalue weighted by Gasteiger charge is -2.42. The summed E-state index contributed by atoms with van der Waals surface area (Å²) < 4.78 is 6.29. The summed E-state index contributed by atoms with van der Waals surface area (Å²) in [7, 11) is 2.15. The largest absolute Gasteiger partial charge is 0.462 e. The number of hydrogen-bond donors (Lipinski definition) is 0. The van der Waals surface area contributed by atoms with Gasteiger partial charge in [-0.3, -0.25) is 4.79 Å². The van der Waals surface area contributed by atoms with E-state index >= 15 is 0 Å². The van der Waals surface area contributed by atoms with Crippen molar-refractivity contribution in [1.29, 1.82) is 5.26 Å². The van der Waals surface area contributed by atoms with Crippen molar-refractivity contribution in [3.63, 3.8) is 0 Å². The van der Waals surface area contributed by atoms with Crippen molar-refractivity contribution in [2.24, 2.45) is 0 Å². The van der Waals surface area contributed by atoms with Crippen molar-refractivity contribution in [2.75, 3.05) is 56.2 Å². The number of hydrogen-bond acceptors (Lipinski definition) is 8. The maximum absolute atomic E-state index is 12.6. The van der Waals surface area contributed by atoms with E-state index in [1.54, 1.807) is 0 Å². The van der Waals surface area contributed by atoms with E-state index in [2.05, 4.69) is 70.3 Å². The number of benzene rings is 2. The summed E-state index contributed by atoms with van der Waals surface area (Å²) in [5.41, 5.74) is 3.36. The number of likely N-dealkylation sites (tertiary alicyclic amines) is 1. The number of amides is 1. The molecule has 0 radical (unpaired) electrons. The topological polar surface area (TPSA) is 88.8 Å². The monoisotopic (exact) mass is 553 g/mol. The van der Waals surface area contributed by atoms with Crippen molar-refractivity contribution in [3.05, 3.63) is 53.7 Å². The summed E-state index contributed by atoms with van der Waals surface area (Å²) in [6, 6.07) is 17.9. The van der Waals surface area contributed by atoms with Crippen LogP contribution in [-0.2, 0) is 17.8 Å². The lowest BCUT2D eigenvalue weighted by atomic mass is 10.0. The van der Waals surface area contributed by atoms with Crippen molar-refractivity contribution < 1.29 is 9.53 Å². The fourth-order valence-corrected chi connectivity index (χ4v) is 6.62. The van der Waals surface area contributed by atoms with Crippen molar-refractivity contribution in [2.45, 2.75) is 57.7 Å². The van der Waals surface area contributed by atoms with E-state index in [4.69, 9.17) is 14.7 Å². The molecule has 1 amide bonds. The highest BCUT2D eigenvalue weighted by molar-refractivity contribution is 5.94. The number of likely N-dealkylation sites (N-methyl/N-ethyl adjacent to an activating group) is 1. The van der Waals surface area contributed by atoms with E-state index in [1.807, 2.05) is 11.8 Å². The Bertz CT molecular complexity index is 1450. The Kier molecular flexibility index (Phi) is 7.93. The zero-order chi connectivity index (χ0) is 28.3. The van der Waals surface area contributed by atoms with Crippen LogP contribution in [0.4, 0.5) is 11.5 Å². The molecule has 3 aliphatic rings. The maximum Gasteiger partial charge on any atom is 0.318 e. The molecular weight excluding hydrogens is 514 g/mol. The van der Waals surface area contributed by atoms with E-state index < -0.39 is 0 Å². The predicted molar refractivity (Wildman–Crippen MR) is 160 cm³/mol. The van der Waals surface area contributed by atoms with Crippen LogP contribution in [0.3, 0.4) is 0 Å². The Morgan fingerprint density at radius 2 is 1.90 bits per heavy atom. The van der Waals surface area contributed by atoms with Crippen molar-refractivity contribution >= 4 is 28.2 Å². The number of rotatable bonds is 7. The molecule has 0 unspecified atom stereocenters. The van der Waals surface area contributed by atoms with Gasteiger partial charge >= 0.3 is 6.01 Å². The second kappa shape index (κ2) is 11.9. The highest BCUT2D eigenvalue weighted by Crippen LogP contribution is 2.35. The Balaban J connectivity index is 1.32. The number of nitriles is 1. The van der Waals surface area contributed by atoms with Gasteiger partial charge in [0.1, 0.15) is 12.4 Å². The fourth-order valence-electron chi connectivity index (χ4n) is 6.62. The van der Waals surface area contributed by atoms with Gasteiger partial charge in [-0.05, 0) is 44.3 Å². The van der Waals surface area contributed by atoms with Gasteiger partial charge in [0.2, 0.25) is 5.91 Å². The second-order valence-corrected chi connectivity index (χ2v) is 11.4. The summed E-state index contributed by atoms with van der Waals surface area (Å²) in [6.07, 6.45) is 3.87. The minimum Gasteiger partial charge on any atom is -0.462 e. The van der Waals surface area contributed by atoms with Crippen molar-refractivity contribution in [3.8, 4) is 12.1 Å². The van der Waals surface area contributed by atoms with Gasteiger partial charge in [0, 0.05) is 55.3 Å².